The molecule has 0 aliphatic heterocycles. The van der Waals surface area contributed by atoms with Gasteiger partial charge < -0.3 is 5.32 Å². The van der Waals surface area contributed by atoms with Crippen molar-refractivity contribution in [2.24, 2.45) is 0 Å². The third-order valence-electron chi connectivity index (χ3n) is 1.64. The minimum atomic E-state index is 0.579. The van der Waals surface area contributed by atoms with E-state index in [1.165, 1.54) is 0 Å². The van der Waals surface area contributed by atoms with Gasteiger partial charge in [0.2, 0.25) is 0 Å². The van der Waals surface area contributed by atoms with Crippen LogP contribution >= 0.6 is 11.3 Å². The summed E-state index contributed by atoms with van der Waals surface area (Å²) in [6.45, 7) is 3.70. The van der Waals surface area contributed by atoms with Crippen molar-refractivity contribution >= 4 is 11.3 Å². The maximum Gasteiger partial charge on any atom is 0.0897 e. The first-order chi connectivity index (χ1) is 6.33. The quantitative estimate of drug-likeness (QED) is 0.724. The van der Waals surface area contributed by atoms with Crippen LogP contribution < -0.4 is 5.32 Å². The molecular formula is C9H13N3S. The van der Waals surface area contributed by atoms with Crippen molar-refractivity contribution in [2.75, 3.05) is 13.1 Å². The van der Waals surface area contributed by atoms with Gasteiger partial charge in [-0.3, -0.25) is 0 Å². The maximum absolute atomic E-state index is 8.29. The Morgan fingerprint density at radius 2 is 2.46 bits per heavy atom. The fourth-order valence-corrected chi connectivity index (χ4v) is 1.66. The molecule has 0 aliphatic rings. The Kier molecular flexibility index (Phi) is 4.44. The van der Waals surface area contributed by atoms with E-state index in [0.29, 0.717) is 6.42 Å². The summed E-state index contributed by atoms with van der Waals surface area (Å²) >= 11 is 1.68. The molecule has 0 saturated carbocycles. The average Bonchev–Trinajstić information content (AvgIpc) is 2.51. The Bertz CT molecular complexity index is 287. The number of aryl methyl sites for hydroxylation is 1. The zero-order valence-corrected chi connectivity index (χ0v) is 8.52. The molecule has 0 radical (unpaired) electrons. The number of nitrogens with zero attached hydrogens (tertiary/aromatic N) is 2. The zero-order valence-electron chi connectivity index (χ0n) is 7.71. The fourth-order valence-electron chi connectivity index (χ4n) is 1.01. The number of rotatable bonds is 5. The molecule has 1 heterocycles. The first kappa shape index (κ1) is 10.2. The van der Waals surface area contributed by atoms with Gasteiger partial charge in [-0.15, -0.1) is 11.3 Å². The summed E-state index contributed by atoms with van der Waals surface area (Å²) in [7, 11) is 0. The first-order valence-electron chi connectivity index (χ1n) is 4.31. The van der Waals surface area contributed by atoms with Crippen LogP contribution in [0.25, 0.3) is 0 Å². The lowest BCUT2D eigenvalue weighted by Crippen LogP contribution is -2.18. The highest BCUT2D eigenvalue weighted by Crippen LogP contribution is 2.07. The van der Waals surface area contributed by atoms with Crippen molar-refractivity contribution in [3.8, 4) is 6.07 Å². The average molecular weight is 195 g/mol. The summed E-state index contributed by atoms with van der Waals surface area (Å²) in [6.07, 6.45) is 1.53. The molecule has 4 heteroatoms. The lowest BCUT2D eigenvalue weighted by molar-refractivity contribution is 0.686. The minimum absolute atomic E-state index is 0.579. The van der Waals surface area contributed by atoms with Gasteiger partial charge in [-0.2, -0.15) is 5.26 Å². The van der Waals surface area contributed by atoms with Crippen LogP contribution in [0, 0.1) is 18.3 Å². The van der Waals surface area contributed by atoms with Gasteiger partial charge in [0.25, 0.3) is 0 Å². The highest BCUT2D eigenvalue weighted by Gasteiger charge is 1.96. The van der Waals surface area contributed by atoms with Crippen molar-refractivity contribution in [3.05, 3.63) is 16.1 Å². The number of aromatic nitrogens is 1. The van der Waals surface area contributed by atoms with Crippen molar-refractivity contribution < 1.29 is 0 Å². The van der Waals surface area contributed by atoms with Gasteiger partial charge in [0.15, 0.2) is 0 Å². The Labute approximate surface area is 82.4 Å². The molecule has 0 amide bonds. The molecule has 0 saturated heterocycles. The summed E-state index contributed by atoms with van der Waals surface area (Å²) in [5.41, 5.74) is 1.15. The lowest BCUT2D eigenvalue weighted by atomic mass is 10.3. The van der Waals surface area contributed by atoms with E-state index in [0.717, 1.165) is 30.2 Å². The van der Waals surface area contributed by atoms with Gasteiger partial charge >= 0.3 is 0 Å². The summed E-state index contributed by atoms with van der Waals surface area (Å²) in [4.78, 5) is 4.34. The lowest BCUT2D eigenvalue weighted by Gasteiger charge is -1.98. The topological polar surface area (TPSA) is 48.7 Å². The van der Waals surface area contributed by atoms with E-state index in [-0.39, 0.29) is 0 Å². The molecule has 0 aromatic carbocycles. The van der Waals surface area contributed by atoms with Gasteiger partial charge in [-0.05, 0) is 6.92 Å². The van der Waals surface area contributed by atoms with Gasteiger partial charge in [0.05, 0.1) is 16.8 Å². The third kappa shape index (κ3) is 4.02. The molecule has 1 aromatic heterocycles. The van der Waals surface area contributed by atoms with Crippen LogP contribution in [0.4, 0.5) is 0 Å². The maximum atomic E-state index is 8.29. The van der Waals surface area contributed by atoms with E-state index >= 15 is 0 Å². The highest BCUT2D eigenvalue weighted by atomic mass is 32.1. The molecule has 0 bridgehead atoms. The van der Waals surface area contributed by atoms with Crippen molar-refractivity contribution in [3.63, 3.8) is 0 Å². The summed E-state index contributed by atoms with van der Waals surface area (Å²) in [5, 5.41) is 14.7. The van der Waals surface area contributed by atoms with Crippen molar-refractivity contribution in [2.45, 2.75) is 19.8 Å². The second-order valence-corrected chi connectivity index (χ2v) is 3.83. The van der Waals surface area contributed by atoms with Crippen LogP contribution in [0.5, 0.6) is 0 Å². The standard InChI is InChI=1S/C9H13N3S/c1-8-12-9(7-13-8)3-6-11-5-2-4-10/h7,11H,2-3,5-6H2,1H3. The molecule has 1 aromatic rings. The molecule has 1 rings (SSSR count). The van der Waals surface area contributed by atoms with Gasteiger partial charge in [0, 0.05) is 31.3 Å². The molecule has 1 N–H and O–H groups in total. The van der Waals surface area contributed by atoms with E-state index in [4.69, 9.17) is 5.26 Å². The van der Waals surface area contributed by atoms with Crippen molar-refractivity contribution in [1.82, 2.24) is 10.3 Å². The molecule has 0 spiro atoms. The fraction of sp³-hybridized carbons (Fsp3) is 0.556. The number of hydrogen-bond donors (Lipinski definition) is 1. The number of nitrogens with one attached hydrogen (secondary N) is 1. The van der Waals surface area contributed by atoms with E-state index in [9.17, 15) is 0 Å². The minimum Gasteiger partial charge on any atom is -0.315 e. The second-order valence-electron chi connectivity index (χ2n) is 2.77. The molecule has 3 nitrogen and oxygen atoms in total. The molecule has 0 unspecified atom stereocenters. The molecule has 0 atom stereocenters. The summed E-state index contributed by atoms with van der Waals surface area (Å²) < 4.78 is 0. The van der Waals surface area contributed by atoms with Gasteiger partial charge in [-0.1, -0.05) is 0 Å². The van der Waals surface area contributed by atoms with Gasteiger partial charge in [-0.25, -0.2) is 4.98 Å². The molecular weight excluding hydrogens is 182 g/mol. The number of hydrogen-bond acceptors (Lipinski definition) is 4. The van der Waals surface area contributed by atoms with Crippen LogP contribution in [0.1, 0.15) is 17.1 Å². The largest absolute Gasteiger partial charge is 0.315 e. The Morgan fingerprint density at radius 1 is 1.62 bits per heavy atom. The zero-order chi connectivity index (χ0) is 9.52. The Morgan fingerprint density at radius 3 is 3.08 bits per heavy atom. The molecule has 0 fully saturated rings. The monoisotopic (exact) mass is 195 g/mol. The van der Waals surface area contributed by atoms with E-state index in [1.54, 1.807) is 11.3 Å². The predicted molar refractivity (Wildman–Crippen MR) is 53.7 cm³/mol. The van der Waals surface area contributed by atoms with E-state index in [2.05, 4.69) is 21.8 Å². The van der Waals surface area contributed by atoms with Crippen LogP contribution in [0.15, 0.2) is 5.38 Å². The molecule has 13 heavy (non-hydrogen) atoms. The SMILES string of the molecule is Cc1nc(CCNCCC#N)cs1. The predicted octanol–water partition coefficient (Wildman–Crippen LogP) is 1.50. The smallest absolute Gasteiger partial charge is 0.0897 e. The highest BCUT2D eigenvalue weighted by molar-refractivity contribution is 7.09. The van der Waals surface area contributed by atoms with E-state index < -0.39 is 0 Å². The second kappa shape index (κ2) is 5.68. The first-order valence-corrected chi connectivity index (χ1v) is 5.19. The van der Waals surface area contributed by atoms with Crippen LogP contribution in [0.3, 0.4) is 0 Å². The normalized spacial score (nSPS) is 9.85. The molecule has 0 aliphatic carbocycles. The third-order valence-corrected chi connectivity index (χ3v) is 2.46. The summed E-state index contributed by atoms with van der Waals surface area (Å²) in [6, 6.07) is 2.09. The number of nitriles is 1. The number of thiazole rings is 1. The van der Waals surface area contributed by atoms with E-state index in [1.807, 2.05) is 6.92 Å². The Hall–Kier alpha value is -0.920. The summed E-state index contributed by atoms with van der Waals surface area (Å²) in [5.74, 6) is 0. The van der Waals surface area contributed by atoms with Crippen LogP contribution in [-0.4, -0.2) is 18.1 Å². The van der Waals surface area contributed by atoms with Crippen LogP contribution in [-0.2, 0) is 6.42 Å². The Balaban J connectivity index is 2.10. The van der Waals surface area contributed by atoms with Crippen molar-refractivity contribution in [1.29, 1.82) is 5.26 Å². The molecule has 70 valence electrons. The van der Waals surface area contributed by atoms with Crippen LogP contribution in [0.2, 0.25) is 0 Å². The van der Waals surface area contributed by atoms with Gasteiger partial charge in [0.1, 0.15) is 0 Å².